The lowest BCUT2D eigenvalue weighted by molar-refractivity contribution is -0.671. The van der Waals surface area contributed by atoms with Crippen LogP contribution in [0.25, 0.3) is 0 Å². The van der Waals surface area contributed by atoms with E-state index in [0.717, 1.165) is 31.8 Å². The van der Waals surface area contributed by atoms with Gasteiger partial charge in [-0.1, -0.05) is 12.7 Å². The van der Waals surface area contributed by atoms with E-state index < -0.39 is 0 Å². The minimum atomic E-state index is 0.555. The number of ether oxygens (including phenoxy) is 1. The van der Waals surface area contributed by atoms with Gasteiger partial charge in [-0.2, -0.15) is 0 Å². The van der Waals surface area contributed by atoms with Gasteiger partial charge >= 0.3 is 0 Å². The predicted octanol–water partition coefficient (Wildman–Crippen LogP) is 1.60. The molecule has 0 aliphatic heterocycles. The van der Waals surface area contributed by atoms with Crippen LogP contribution in [-0.4, -0.2) is 22.7 Å². The topological polar surface area (TPSA) is 43.7 Å². The van der Waals surface area contributed by atoms with E-state index in [1.807, 2.05) is 30.9 Å². The molecule has 0 aliphatic rings. The Bertz CT molecular complexity index is 491. The molecule has 2 aromatic rings. The maximum atomic E-state index is 5.46. The SMILES string of the molecule is C=CCOc1ccc(C[NH2+]CCCn2ccnc2)cc1. The number of aromatic nitrogens is 2. The van der Waals surface area contributed by atoms with Crippen molar-refractivity contribution < 1.29 is 10.1 Å². The summed E-state index contributed by atoms with van der Waals surface area (Å²) in [6, 6.07) is 8.26. The molecule has 0 saturated heterocycles. The van der Waals surface area contributed by atoms with Gasteiger partial charge in [-0.3, -0.25) is 0 Å². The van der Waals surface area contributed by atoms with Crippen molar-refractivity contribution in [1.82, 2.24) is 9.55 Å². The molecule has 1 aromatic carbocycles. The molecule has 2 N–H and O–H groups in total. The van der Waals surface area contributed by atoms with Crippen LogP contribution in [0, 0.1) is 0 Å². The zero-order valence-electron chi connectivity index (χ0n) is 11.7. The number of hydrogen-bond donors (Lipinski definition) is 1. The Morgan fingerprint density at radius 1 is 1.30 bits per heavy atom. The summed E-state index contributed by atoms with van der Waals surface area (Å²) < 4.78 is 7.57. The van der Waals surface area contributed by atoms with E-state index in [1.165, 1.54) is 5.56 Å². The van der Waals surface area contributed by atoms with Crippen LogP contribution >= 0.6 is 0 Å². The molecule has 0 unspecified atom stereocenters. The van der Waals surface area contributed by atoms with Crippen LogP contribution in [-0.2, 0) is 13.1 Å². The van der Waals surface area contributed by atoms with E-state index in [4.69, 9.17) is 4.74 Å². The lowest BCUT2D eigenvalue weighted by Crippen LogP contribution is -2.82. The van der Waals surface area contributed by atoms with Crippen LogP contribution < -0.4 is 10.1 Å². The zero-order valence-corrected chi connectivity index (χ0v) is 11.7. The van der Waals surface area contributed by atoms with Crippen molar-refractivity contribution in [3.63, 3.8) is 0 Å². The maximum absolute atomic E-state index is 5.46. The fourth-order valence-corrected chi connectivity index (χ4v) is 1.98. The minimum absolute atomic E-state index is 0.555. The van der Waals surface area contributed by atoms with E-state index in [1.54, 1.807) is 6.08 Å². The Hall–Kier alpha value is -2.07. The van der Waals surface area contributed by atoms with Crippen molar-refractivity contribution in [3.8, 4) is 5.75 Å². The molecular weight excluding hydrogens is 250 g/mol. The summed E-state index contributed by atoms with van der Waals surface area (Å²) in [5, 5.41) is 2.33. The lowest BCUT2D eigenvalue weighted by atomic mass is 10.2. The van der Waals surface area contributed by atoms with E-state index in [9.17, 15) is 0 Å². The highest BCUT2D eigenvalue weighted by atomic mass is 16.5. The monoisotopic (exact) mass is 272 g/mol. The summed E-state index contributed by atoms with van der Waals surface area (Å²) in [7, 11) is 0. The van der Waals surface area contributed by atoms with Gasteiger partial charge < -0.3 is 14.6 Å². The highest BCUT2D eigenvalue weighted by Gasteiger charge is 1.98. The third-order valence-electron chi connectivity index (χ3n) is 3.05. The molecule has 1 heterocycles. The first-order valence-electron chi connectivity index (χ1n) is 6.98. The molecule has 0 fully saturated rings. The quantitative estimate of drug-likeness (QED) is 0.556. The van der Waals surface area contributed by atoms with Crippen molar-refractivity contribution in [3.05, 3.63) is 61.2 Å². The summed E-state index contributed by atoms with van der Waals surface area (Å²) in [5.41, 5.74) is 1.32. The summed E-state index contributed by atoms with van der Waals surface area (Å²) in [5.74, 6) is 0.897. The van der Waals surface area contributed by atoms with Gasteiger partial charge in [-0.25, -0.2) is 4.98 Å². The summed E-state index contributed by atoms with van der Waals surface area (Å²) in [6.07, 6.45) is 8.59. The Morgan fingerprint density at radius 3 is 2.85 bits per heavy atom. The van der Waals surface area contributed by atoms with Crippen LogP contribution in [0.15, 0.2) is 55.6 Å². The molecule has 0 spiro atoms. The Morgan fingerprint density at radius 2 is 2.15 bits per heavy atom. The van der Waals surface area contributed by atoms with Crippen molar-refractivity contribution in [1.29, 1.82) is 0 Å². The summed E-state index contributed by atoms with van der Waals surface area (Å²) in [4.78, 5) is 4.03. The fraction of sp³-hybridized carbons (Fsp3) is 0.312. The largest absolute Gasteiger partial charge is 0.490 e. The van der Waals surface area contributed by atoms with Crippen molar-refractivity contribution >= 4 is 0 Å². The minimum Gasteiger partial charge on any atom is -0.490 e. The Kier molecular flexibility index (Phi) is 5.86. The first kappa shape index (κ1) is 14.3. The van der Waals surface area contributed by atoms with Gasteiger partial charge in [-0.15, -0.1) is 0 Å². The third kappa shape index (κ3) is 4.90. The van der Waals surface area contributed by atoms with Gasteiger partial charge in [0.2, 0.25) is 0 Å². The van der Waals surface area contributed by atoms with Gasteiger partial charge in [0.15, 0.2) is 0 Å². The Balaban J connectivity index is 1.62. The van der Waals surface area contributed by atoms with E-state index in [-0.39, 0.29) is 0 Å². The maximum Gasteiger partial charge on any atom is 0.119 e. The number of rotatable bonds is 9. The second kappa shape index (κ2) is 8.17. The molecule has 106 valence electrons. The molecule has 0 radical (unpaired) electrons. The normalized spacial score (nSPS) is 10.4. The van der Waals surface area contributed by atoms with Crippen molar-refractivity contribution in [2.24, 2.45) is 0 Å². The smallest absolute Gasteiger partial charge is 0.119 e. The van der Waals surface area contributed by atoms with Crippen LogP contribution in [0.5, 0.6) is 5.75 Å². The highest BCUT2D eigenvalue weighted by Crippen LogP contribution is 2.11. The van der Waals surface area contributed by atoms with Crippen LogP contribution in [0.2, 0.25) is 0 Å². The Labute approximate surface area is 120 Å². The van der Waals surface area contributed by atoms with Gasteiger partial charge in [0.1, 0.15) is 18.9 Å². The van der Waals surface area contributed by atoms with Crippen LogP contribution in [0.1, 0.15) is 12.0 Å². The molecule has 0 bridgehead atoms. The number of aryl methyl sites for hydroxylation is 1. The van der Waals surface area contributed by atoms with Crippen LogP contribution in [0.3, 0.4) is 0 Å². The zero-order chi connectivity index (χ0) is 14.0. The van der Waals surface area contributed by atoms with E-state index >= 15 is 0 Å². The molecule has 0 atom stereocenters. The average Bonchev–Trinajstić information content (AvgIpc) is 2.99. The number of benzene rings is 1. The first-order chi connectivity index (χ1) is 9.88. The molecular formula is C16H22N3O+. The third-order valence-corrected chi connectivity index (χ3v) is 3.05. The molecule has 1 aromatic heterocycles. The molecule has 2 rings (SSSR count). The summed E-state index contributed by atoms with van der Waals surface area (Å²) >= 11 is 0. The van der Waals surface area contributed by atoms with Crippen LogP contribution in [0.4, 0.5) is 0 Å². The number of nitrogens with zero attached hydrogens (tertiary/aromatic N) is 2. The van der Waals surface area contributed by atoms with Gasteiger partial charge in [0, 0.05) is 30.9 Å². The second-order valence-electron chi connectivity index (χ2n) is 4.68. The predicted molar refractivity (Wildman–Crippen MR) is 79.5 cm³/mol. The molecule has 20 heavy (non-hydrogen) atoms. The standard InChI is InChI=1S/C16H21N3O/c1-2-12-20-16-6-4-15(5-7-16)13-17-8-3-10-19-11-9-18-14-19/h2,4-7,9,11,14,17H,1,3,8,10,12-13H2/p+1. The van der Waals surface area contributed by atoms with Gasteiger partial charge in [0.25, 0.3) is 0 Å². The highest BCUT2D eigenvalue weighted by molar-refractivity contribution is 5.26. The molecule has 0 aliphatic carbocycles. The number of hydrogen-bond acceptors (Lipinski definition) is 2. The van der Waals surface area contributed by atoms with Gasteiger partial charge in [-0.05, 0) is 24.3 Å². The fourth-order valence-electron chi connectivity index (χ4n) is 1.98. The second-order valence-corrected chi connectivity index (χ2v) is 4.68. The van der Waals surface area contributed by atoms with E-state index in [0.29, 0.717) is 6.61 Å². The molecule has 4 nitrogen and oxygen atoms in total. The molecule has 0 amide bonds. The van der Waals surface area contributed by atoms with Crippen molar-refractivity contribution in [2.45, 2.75) is 19.5 Å². The number of nitrogens with two attached hydrogens (primary N) is 1. The van der Waals surface area contributed by atoms with Crippen molar-refractivity contribution in [2.75, 3.05) is 13.2 Å². The lowest BCUT2D eigenvalue weighted by Gasteiger charge is -2.05. The van der Waals surface area contributed by atoms with E-state index in [2.05, 4.69) is 33.6 Å². The van der Waals surface area contributed by atoms with Gasteiger partial charge in [0.05, 0.1) is 12.9 Å². The summed E-state index contributed by atoms with van der Waals surface area (Å²) in [6.45, 7) is 7.35. The average molecular weight is 272 g/mol. The molecule has 0 saturated carbocycles. The molecule has 4 heteroatoms. The number of quaternary nitrogens is 1. The number of imidazole rings is 1. The first-order valence-corrected chi connectivity index (χ1v) is 6.98.